The van der Waals surface area contributed by atoms with E-state index in [0.717, 1.165) is 18.8 Å². The van der Waals surface area contributed by atoms with E-state index in [9.17, 15) is 0 Å². The SMILES string of the molecule is N#Cc1ccc(N2CC(c3ccccc3)C2)c(N)c1. The third-order valence-electron chi connectivity index (χ3n) is 3.65. The number of nitriles is 1. The van der Waals surface area contributed by atoms with Crippen molar-refractivity contribution in [2.45, 2.75) is 5.92 Å². The van der Waals surface area contributed by atoms with E-state index in [0.29, 0.717) is 17.2 Å². The first kappa shape index (κ1) is 11.6. The highest BCUT2D eigenvalue weighted by Gasteiger charge is 2.29. The van der Waals surface area contributed by atoms with Crippen molar-refractivity contribution in [2.75, 3.05) is 23.7 Å². The number of rotatable bonds is 2. The molecule has 2 aromatic carbocycles. The van der Waals surface area contributed by atoms with E-state index in [2.05, 4.69) is 35.2 Å². The summed E-state index contributed by atoms with van der Waals surface area (Å²) >= 11 is 0. The molecule has 1 aliphatic heterocycles. The molecule has 0 bridgehead atoms. The molecule has 1 aliphatic rings. The van der Waals surface area contributed by atoms with Gasteiger partial charge in [0.05, 0.1) is 23.0 Å². The number of nitrogens with zero attached hydrogens (tertiary/aromatic N) is 2. The number of nitrogen functional groups attached to an aromatic ring is 1. The molecule has 0 radical (unpaired) electrons. The minimum atomic E-state index is 0.580. The molecular weight excluding hydrogens is 234 g/mol. The van der Waals surface area contributed by atoms with Crippen molar-refractivity contribution in [1.82, 2.24) is 0 Å². The van der Waals surface area contributed by atoms with Crippen molar-refractivity contribution < 1.29 is 0 Å². The summed E-state index contributed by atoms with van der Waals surface area (Å²) in [5.41, 5.74) is 9.71. The van der Waals surface area contributed by atoms with Crippen LogP contribution in [0.1, 0.15) is 17.0 Å². The fourth-order valence-electron chi connectivity index (χ4n) is 2.52. The van der Waals surface area contributed by atoms with Gasteiger partial charge in [0.25, 0.3) is 0 Å². The molecule has 0 aromatic heterocycles. The first-order valence-corrected chi connectivity index (χ1v) is 6.37. The Bertz CT molecular complexity index is 622. The van der Waals surface area contributed by atoms with Crippen LogP contribution in [0.15, 0.2) is 48.5 Å². The molecule has 1 saturated heterocycles. The Morgan fingerprint density at radius 3 is 2.47 bits per heavy atom. The molecule has 0 amide bonds. The standard InChI is InChI=1S/C16H15N3/c17-9-12-6-7-16(15(18)8-12)19-10-14(11-19)13-4-2-1-3-5-13/h1-8,14H,10-11,18H2. The zero-order chi connectivity index (χ0) is 13.2. The second kappa shape index (κ2) is 4.66. The van der Waals surface area contributed by atoms with E-state index < -0.39 is 0 Å². The monoisotopic (exact) mass is 249 g/mol. The van der Waals surface area contributed by atoms with Gasteiger partial charge in [-0.25, -0.2) is 0 Å². The first-order valence-electron chi connectivity index (χ1n) is 6.37. The predicted octanol–water partition coefficient (Wildman–Crippen LogP) is 2.74. The van der Waals surface area contributed by atoms with Crippen LogP contribution in [0.25, 0.3) is 0 Å². The van der Waals surface area contributed by atoms with Gasteiger partial charge in [-0.1, -0.05) is 30.3 Å². The van der Waals surface area contributed by atoms with Crippen LogP contribution in [-0.2, 0) is 0 Å². The van der Waals surface area contributed by atoms with Crippen LogP contribution in [0.4, 0.5) is 11.4 Å². The minimum Gasteiger partial charge on any atom is -0.397 e. The van der Waals surface area contributed by atoms with Crippen molar-refractivity contribution in [1.29, 1.82) is 5.26 Å². The molecule has 3 nitrogen and oxygen atoms in total. The highest BCUT2D eigenvalue weighted by Crippen LogP contribution is 2.34. The molecule has 3 heteroatoms. The number of benzene rings is 2. The van der Waals surface area contributed by atoms with Crippen molar-refractivity contribution in [3.63, 3.8) is 0 Å². The van der Waals surface area contributed by atoms with Gasteiger partial charge in [0, 0.05) is 19.0 Å². The lowest BCUT2D eigenvalue weighted by molar-refractivity contribution is 0.526. The van der Waals surface area contributed by atoms with Gasteiger partial charge in [0.15, 0.2) is 0 Å². The fraction of sp³-hybridized carbons (Fsp3) is 0.188. The van der Waals surface area contributed by atoms with Crippen molar-refractivity contribution >= 4 is 11.4 Å². The average Bonchev–Trinajstić information content (AvgIpc) is 2.40. The van der Waals surface area contributed by atoms with E-state index in [-0.39, 0.29) is 0 Å². The molecule has 3 rings (SSSR count). The van der Waals surface area contributed by atoms with Gasteiger partial charge in [-0.2, -0.15) is 5.26 Å². The van der Waals surface area contributed by atoms with Gasteiger partial charge < -0.3 is 10.6 Å². The second-order valence-corrected chi connectivity index (χ2v) is 4.90. The topological polar surface area (TPSA) is 53.0 Å². The molecule has 1 heterocycles. The van der Waals surface area contributed by atoms with Crippen LogP contribution < -0.4 is 10.6 Å². The van der Waals surface area contributed by atoms with Crippen LogP contribution in [0.3, 0.4) is 0 Å². The predicted molar refractivity (Wildman–Crippen MR) is 77.0 cm³/mol. The molecular formula is C16H15N3. The van der Waals surface area contributed by atoms with E-state index in [1.54, 1.807) is 6.07 Å². The Kier molecular flexibility index (Phi) is 2.85. The molecule has 2 N–H and O–H groups in total. The van der Waals surface area contributed by atoms with Crippen LogP contribution >= 0.6 is 0 Å². The van der Waals surface area contributed by atoms with Crippen LogP contribution in [-0.4, -0.2) is 13.1 Å². The summed E-state index contributed by atoms with van der Waals surface area (Å²) in [7, 11) is 0. The summed E-state index contributed by atoms with van der Waals surface area (Å²) in [6.07, 6.45) is 0. The van der Waals surface area contributed by atoms with E-state index >= 15 is 0 Å². The van der Waals surface area contributed by atoms with Crippen LogP contribution in [0, 0.1) is 11.3 Å². The fourth-order valence-corrected chi connectivity index (χ4v) is 2.52. The second-order valence-electron chi connectivity index (χ2n) is 4.90. The third kappa shape index (κ3) is 2.13. The maximum Gasteiger partial charge on any atom is 0.0992 e. The molecule has 0 unspecified atom stereocenters. The van der Waals surface area contributed by atoms with Crippen molar-refractivity contribution in [3.05, 3.63) is 59.7 Å². The quantitative estimate of drug-likeness (QED) is 0.833. The maximum atomic E-state index is 8.83. The van der Waals surface area contributed by atoms with E-state index in [4.69, 9.17) is 11.0 Å². The number of hydrogen-bond donors (Lipinski definition) is 1. The van der Waals surface area contributed by atoms with Crippen LogP contribution in [0.2, 0.25) is 0 Å². The van der Waals surface area contributed by atoms with Crippen LogP contribution in [0.5, 0.6) is 0 Å². The smallest absolute Gasteiger partial charge is 0.0992 e. The highest BCUT2D eigenvalue weighted by atomic mass is 15.2. The maximum absolute atomic E-state index is 8.83. The number of nitrogens with two attached hydrogens (primary N) is 1. The van der Waals surface area contributed by atoms with Gasteiger partial charge in [-0.05, 0) is 23.8 Å². The van der Waals surface area contributed by atoms with Gasteiger partial charge in [-0.3, -0.25) is 0 Å². The van der Waals surface area contributed by atoms with E-state index in [1.165, 1.54) is 5.56 Å². The van der Waals surface area contributed by atoms with E-state index in [1.807, 2.05) is 18.2 Å². The minimum absolute atomic E-state index is 0.580. The summed E-state index contributed by atoms with van der Waals surface area (Å²) in [6, 6.07) is 18.1. The lowest BCUT2D eigenvalue weighted by Gasteiger charge is -2.42. The summed E-state index contributed by atoms with van der Waals surface area (Å²) in [6.45, 7) is 1.97. The molecule has 19 heavy (non-hydrogen) atoms. The summed E-state index contributed by atoms with van der Waals surface area (Å²) < 4.78 is 0. The molecule has 0 aliphatic carbocycles. The Labute approximate surface area is 112 Å². The third-order valence-corrected chi connectivity index (χ3v) is 3.65. The Balaban J connectivity index is 1.73. The van der Waals surface area contributed by atoms with Crippen molar-refractivity contribution in [2.24, 2.45) is 0 Å². The molecule has 94 valence electrons. The zero-order valence-corrected chi connectivity index (χ0v) is 10.6. The summed E-state index contributed by atoms with van der Waals surface area (Å²) in [5, 5.41) is 8.83. The number of hydrogen-bond acceptors (Lipinski definition) is 3. The zero-order valence-electron chi connectivity index (χ0n) is 10.6. The largest absolute Gasteiger partial charge is 0.397 e. The highest BCUT2D eigenvalue weighted by molar-refractivity contribution is 5.71. The molecule has 0 atom stereocenters. The van der Waals surface area contributed by atoms with Gasteiger partial charge >= 0.3 is 0 Å². The molecule has 0 saturated carbocycles. The normalized spacial score (nSPS) is 14.8. The van der Waals surface area contributed by atoms with Gasteiger partial charge in [0.1, 0.15) is 0 Å². The Morgan fingerprint density at radius 1 is 1.11 bits per heavy atom. The molecule has 1 fully saturated rings. The molecule has 2 aromatic rings. The Morgan fingerprint density at radius 2 is 1.84 bits per heavy atom. The summed E-state index contributed by atoms with van der Waals surface area (Å²) in [5.74, 6) is 0.580. The average molecular weight is 249 g/mol. The Hall–Kier alpha value is -2.47. The summed E-state index contributed by atoms with van der Waals surface area (Å²) in [4.78, 5) is 2.26. The first-order chi connectivity index (χ1) is 9.28. The van der Waals surface area contributed by atoms with Crippen molar-refractivity contribution in [3.8, 4) is 6.07 Å². The van der Waals surface area contributed by atoms with Gasteiger partial charge in [-0.15, -0.1) is 0 Å². The lowest BCUT2D eigenvalue weighted by atomic mass is 9.91. The van der Waals surface area contributed by atoms with Gasteiger partial charge in [0.2, 0.25) is 0 Å². The lowest BCUT2D eigenvalue weighted by Crippen LogP contribution is -2.45. The number of anilines is 2. The molecule has 0 spiro atoms.